The molecule has 0 radical (unpaired) electrons. The molecular weight excluding hydrogens is 246 g/mol. The number of aromatic nitrogens is 2. The number of nitrogens with one attached hydrogen (secondary N) is 1. The molecule has 1 saturated carbocycles. The first-order valence-electron chi connectivity index (χ1n) is 7.68. The number of piperidine rings is 1. The first kappa shape index (κ1) is 12.2. The maximum Gasteiger partial charge on any atom is 0.0671 e. The van der Waals surface area contributed by atoms with Gasteiger partial charge >= 0.3 is 0 Å². The minimum Gasteiger partial charge on any atom is -0.316 e. The molecule has 1 aromatic heterocycles. The number of hydrogen-bond donors (Lipinski definition) is 1. The van der Waals surface area contributed by atoms with Gasteiger partial charge in [0.25, 0.3) is 0 Å². The fourth-order valence-corrected chi connectivity index (χ4v) is 3.76. The fraction of sp³-hybridized carbons (Fsp3) is 0.471. The van der Waals surface area contributed by atoms with E-state index in [0.717, 1.165) is 30.7 Å². The van der Waals surface area contributed by atoms with E-state index < -0.39 is 0 Å². The molecule has 2 aliphatic rings. The maximum absolute atomic E-state index is 4.81. The van der Waals surface area contributed by atoms with Gasteiger partial charge in [0.2, 0.25) is 0 Å². The second kappa shape index (κ2) is 4.74. The normalized spacial score (nSPS) is 27.6. The van der Waals surface area contributed by atoms with Crippen LogP contribution in [0.1, 0.15) is 29.8 Å². The second-order valence-corrected chi connectivity index (χ2v) is 6.05. The van der Waals surface area contributed by atoms with Crippen LogP contribution in [0.25, 0.3) is 0 Å². The Morgan fingerprint density at radius 3 is 2.65 bits per heavy atom. The predicted octanol–water partition coefficient (Wildman–Crippen LogP) is 2.43. The lowest BCUT2D eigenvalue weighted by Gasteiger charge is -2.06. The summed E-state index contributed by atoms with van der Waals surface area (Å²) >= 11 is 0. The van der Waals surface area contributed by atoms with Gasteiger partial charge in [-0.1, -0.05) is 30.3 Å². The van der Waals surface area contributed by atoms with E-state index >= 15 is 0 Å². The van der Waals surface area contributed by atoms with E-state index in [1.807, 2.05) is 0 Å². The summed E-state index contributed by atoms with van der Waals surface area (Å²) in [6, 6.07) is 13.0. The Bertz CT molecular complexity index is 592. The van der Waals surface area contributed by atoms with Crippen LogP contribution in [-0.2, 0) is 13.0 Å². The van der Waals surface area contributed by atoms with E-state index in [4.69, 9.17) is 5.10 Å². The monoisotopic (exact) mass is 267 g/mol. The topological polar surface area (TPSA) is 29.9 Å². The van der Waals surface area contributed by atoms with E-state index in [1.54, 1.807) is 0 Å². The zero-order valence-corrected chi connectivity index (χ0v) is 11.9. The average molecular weight is 267 g/mol. The van der Waals surface area contributed by atoms with Crippen molar-refractivity contribution in [3.63, 3.8) is 0 Å². The lowest BCUT2D eigenvalue weighted by atomic mass is 10.1. The highest BCUT2D eigenvalue weighted by Gasteiger charge is 2.54. The Hall–Kier alpha value is -1.61. The highest BCUT2D eigenvalue weighted by molar-refractivity contribution is 5.29. The van der Waals surface area contributed by atoms with Crippen molar-refractivity contribution < 1.29 is 0 Å². The van der Waals surface area contributed by atoms with Crippen LogP contribution in [0.5, 0.6) is 0 Å². The number of rotatable bonds is 4. The SMILES string of the molecule is CCn1nc(Cc2ccccc2)cc1[C@H]1[C@@H]2CNC[C@@H]21. The van der Waals surface area contributed by atoms with Crippen molar-refractivity contribution in [1.29, 1.82) is 0 Å². The standard InChI is InChI=1S/C17H21N3/c1-2-20-16(17-14-10-18-11-15(14)17)9-13(19-20)8-12-6-4-3-5-7-12/h3-7,9,14-15,17-18H,2,8,10-11H2,1H3/t14-,15+,17+. The molecule has 2 aromatic rings. The highest BCUT2D eigenvalue weighted by atomic mass is 15.3. The number of nitrogens with zero attached hydrogens (tertiary/aromatic N) is 2. The summed E-state index contributed by atoms with van der Waals surface area (Å²) < 4.78 is 2.22. The van der Waals surface area contributed by atoms with E-state index in [2.05, 4.69) is 53.3 Å². The van der Waals surface area contributed by atoms with Gasteiger partial charge in [-0.05, 0) is 43.5 Å². The zero-order chi connectivity index (χ0) is 13.5. The third-order valence-corrected chi connectivity index (χ3v) is 4.82. The van der Waals surface area contributed by atoms with Crippen LogP contribution in [0.2, 0.25) is 0 Å². The van der Waals surface area contributed by atoms with Gasteiger partial charge < -0.3 is 5.32 Å². The largest absolute Gasteiger partial charge is 0.316 e. The summed E-state index contributed by atoms with van der Waals surface area (Å²) in [7, 11) is 0. The van der Waals surface area contributed by atoms with E-state index in [-0.39, 0.29) is 0 Å². The third kappa shape index (κ3) is 1.97. The van der Waals surface area contributed by atoms with Gasteiger partial charge in [-0.3, -0.25) is 4.68 Å². The van der Waals surface area contributed by atoms with Crippen molar-refractivity contribution in [2.45, 2.75) is 25.8 Å². The fourth-order valence-electron chi connectivity index (χ4n) is 3.76. The van der Waals surface area contributed by atoms with E-state index in [0.29, 0.717) is 0 Å². The molecule has 4 rings (SSSR count). The lowest BCUT2D eigenvalue weighted by Crippen LogP contribution is -2.15. The predicted molar refractivity (Wildman–Crippen MR) is 79.7 cm³/mol. The highest BCUT2D eigenvalue weighted by Crippen LogP contribution is 2.55. The molecule has 3 heteroatoms. The van der Waals surface area contributed by atoms with Crippen LogP contribution >= 0.6 is 0 Å². The van der Waals surface area contributed by atoms with Gasteiger partial charge in [-0.25, -0.2) is 0 Å². The molecule has 1 N–H and O–H groups in total. The molecular formula is C17H21N3. The molecule has 0 spiro atoms. The molecule has 104 valence electrons. The van der Waals surface area contributed by atoms with Crippen molar-refractivity contribution in [2.75, 3.05) is 13.1 Å². The zero-order valence-electron chi connectivity index (χ0n) is 11.9. The van der Waals surface area contributed by atoms with Gasteiger partial charge in [-0.15, -0.1) is 0 Å². The molecule has 1 aliphatic heterocycles. The first-order chi connectivity index (χ1) is 9.86. The summed E-state index contributed by atoms with van der Waals surface area (Å²) in [6.45, 7) is 5.56. The molecule has 3 atom stereocenters. The molecule has 1 aliphatic carbocycles. The average Bonchev–Trinajstić information content (AvgIpc) is 2.85. The second-order valence-electron chi connectivity index (χ2n) is 6.05. The number of hydrogen-bond acceptors (Lipinski definition) is 2. The Kier molecular flexibility index (Phi) is 2.88. The molecule has 20 heavy (non-hydrogen) atoms. The molecule has 3 nitrogen and oxygen atoms in total. The lowest BCUT2D eigenvalue weighted by molar-refractivity contribution is 0.583. The van der Waals surface area contributed by atoms with Gasteiger partial charge in [0.1, 0.15) is 0 Å². The van der Waals surface area contributed by atoms with Crippen molar-refractivity contribution in [2.24, 2.45) is 11.8 Å². The molecule has 2 heterocycles. The quantitative estimate of drug-likeness (QED) is 0.922. The van der Waals surface area contributed by atoms with Crippen molar-refractivity contribution in [3.8, 4) is 0 Å². The molecule has 0 unspecified atom stereocenters. The smallest absolute Gasteiger partial charge is 0.0671 e. The summed E-state index contributed by atoms with van der Waals surface area (Å²) in [5, 5.41) is 8.28. The van der Waals surface area contributed by atoms with Crippen molar-refractivity contribution >= 4 is 0 Å². The Labute approximate surface area is 120 Å². The molecule has 1 saturated heterocycles. The number of fused-ring (bicyclic) bond motifs is 1. The van der Waals surface area contributed by atoms with E-state index in [9.17, 15) is 0 Å². The Balaban J connectivity index is 1.58. The van der Waals surface area contributed by atoms with E-state index in [1.165, 1.54) is 30.0 Å². The number of aryl methyl sites for hydroxylation is 1. The van der Waals surface area contributed by atoms with Gasteiger partial charge in [0.15, 0.2) is 0 Å². The van der Waals surface area contributed by atoms with Crippen LogP contribution in [0.4, 0.5) is 0 Å². The van der Waals surface area contributed by atoms with Crippen LogP contribution < -0.4 is 5.32 Å². The molecule has 0 amide bonds. The van der Waals surface area contributed by atoms with Gasteiger partial charge in [0, 0.05) is 24.6 Å². The van der Waals surface area contributed by atoms with Crippen molar-refractivity contribution in [3.05, 3.63) is 53.3 Å². The maximum atomic E-state index is 4.81. The molecule has 2 fully saturated rings. The van der Waals surface area contributed by atoms with Gasteiger partial charge in [0.05, 0.1) is 5.69 Å². The van der Waals surface area contributed by atoms with Crippen LogP contribution in [-0.4, -0.2) is 22.9 Å². The summed E-state index contributed by atoms with van der Waals surface area (Å²) in [4.78, 5) is 0. The van der Waals surface area contributed by atoms with Crippen LogP contribution in [0.15, 0.2) is 36.4 Å². The van der Waals surface area contributed by atoms with Crippen LogP contribution in [0, 0.1) is 11.8 Å². The summed E-state index contributed by atoms with van der Waals surface area (Å²) in [5.41, 5.74) is 4.03. The molecule has 1 aromatic carbocycles. The molecule has 0 bridgehead atoms. The Morgan fingerprint density at radius 1 is 1.20 bits per heavy atom. The number of benzene rings is 1. The first-order valence-corrected chi connectivity index (χ1v) is 7.68. The third-order valence-electron chi connectivity index (χ3n) is 4.82. The van der Waals surface area contributed by atoms with Gasteiger partial charge in [-0.2, -0.15) is 5.10 Å². The minimum absolute atomic E-state index is 0.758. The Morgan fingerprint density at radius 2 is 1.95 bits per heavy atom. The summed E-state index contributed by atoms with van der Waals surface area (Å²) in [5.74, 6) is 2.48. The van der Waals surface area contributed by atoms with Crippen molar-refractivity contribution in [1.82, 2.24) is 15.1 Å². The van der Waals surface area contributed by atoms with Crippen LogP contribution in [0.3, 0.4) is 0 Å². The minimum atomic E-state index is 0.758. The summed E-state index contributed by atoms with van der Waals surface area (Å²) in [6.07, 6.45) is 0.946.